The molecule has 0 radical (unpaired) electrons. The molecular weight excluding hydrogens is 338 g/mol. The first kappa shape index (κ1) is 19.2. The predicted molar refractivity (Wildman–Crippen MR) is 93.4 cm³/mol. The second-order valence-corrected chi connectivity index (χ2v) is 6.18. The fourth-order valence-corrected chi connectivity index (χ4v) is 2.70. The van der Waals surface area contributed by atoms with E-state index in [0.717, 1.165) is 5.56 Å². The van der Waals surface area contributed by atoms with Gasteiger partial charge in [0.2, 0.25) is 0 Å². The Bertz CT molecular complexity index is 740. The number of rotatable bonds is 7. The molecule has 7 heteroatoms. The first-order valence-corrected chi connectivity index (χ1v) is 8.12. The lowest BCUT2D eigenvalue weighted by Crippen LogP contribution is -2.46. The lowest BCUT2D eigenvalue weighted by atomic mass is 9.73. The molecule has 1 unspecified atom stereocenters. The topological polar surface area (TPSA) is 113 Å². The van der Waals surface area contributed by atoms with Crippen molar-refractivity contribution in [1.29, 1.82) is 0 Å². The zero-order valence-electron chi connectivity index (χ0n) is 14.3. The Hall–Kier alpha value is -3.09. The van der Waals surface area contributed by atoms with Gasteiger partial charge < -0.3 is 20.3 Å². The maximum Gasteiger partial charge on any atom is 0.408 e. The van der Waals surface area contributed by atoms with Gasteiger partial charge in [-0.3, -0.25) is 4.79 Å². The van der Waals surface area contributed by atoms with Crippen molar-refractivity contribution in [3.63, 3.8) is 0 Å². The van der Waals surface area contributed by atoms with Crippen LogP contribution in [0.3, 0.4) is 0 Å². The van der Waals surface area contributed by atoms with E-state index in [-0.39, 0.29) is 31.0 Å². The van der Waals surface area contributed by atoms with E-state index in [1.54, 1.807) is 24.3 Å². The van der Waals surface area contributed by atoms with Crippen molar-refractivity contribution < 1.29 is 29.3 Å². The molecule has 3 N–H and O–H groups in total. The Morgan fingerprint density at radius 1 is 1.27 bits per heavy atom. The van der Waals surface area contributed by atoms with E-state index >= 15 is 0 Å². The average Bonchev–Trinajstić information content (AvgIpc) is 2.62. The molecule has 0 saturated carbocycles. The van der Waals surface area contributed by atoms with Gasteiger partial charge in [0.05, 0.1) is 5.41 Å². The molecule has 138 valence electrons. The maximum absolute atomic E-state index is 12.1. The largest absolute Gasteiger partial charge is 0.508 e. The number of hydrogen-bond acceptors (Lipinski definition) is 5. The second kappa shape index (κ2) is 8.33. The van der Waals surface area contributed by atoms with Crippen LogP contribution in [-0.4, -0.2) is 34.1 Å². The highest BCUT2D eigenvalue weighted by atomic mass is 16.5. The predicted octanol–water partition coefficient (Wildman–Crippen LogP) is 2.73. The summed E-state index contributed by atoms with van der Waals surface area (Å²) in [5.41, 5.74) is -0.326. The summed E-state index contributed by atoms with van der Waals surface area (Å²) in [5, 5.41) is 21.2. The molecule has 0 saturated heterocycles. The first-order valence-electron chi connectivity index (χ1n) is 8.12. The van der Waals surface area contributed by atoms with E-state index in [2.05, 4.69) is 5.32 Å². The standard InChI is InChI=1S/C19H21NO6/c1-13(21)19(9-7-15(22)8-10-19)11-16(17(23)24)20-18(25)26-12-14-5-3-2-4-6-14/h2-9,16,22H,10-12H2,1H3,(H,20,25)(H,23,24)/t16-,19?/m0/s1. The summed E-state index contributed by atoms with van der Waals surface area (Å²) in [6.07, 6.45) is 3.44. The van der Waals surface area contributed by atoms with E-state index < -0.39 is 23.5 Å². The van der Waals surface area contributed by atoms with Crippen LogP contribution >= 0.6 is 0 Å². The number of nitrogens with one attached hydrogen (secondary N) is 1. The molecule has 0 heterocycles. The average molecular weight is 359 g/mol. The number of aliphatic hydroxyl groups is 1. The summed E-state index contributed by atoms with van der Waals surface area (Å²) in [4.78, 5) is 35.6. The zero-order valence-corrected chi connectivity index (χ0v) is 14.3. The summed E-state index contributed by atoms with van der Waals surface area (Å²) < 4.78 is 5.04. The molecule has 2 atom stereocenters. The lowest BCUT2D eigenvalue weighted by molar-refractivity contribution is -0.140. The maximum atomic E-state index is 12.1. The number of aliphatic carboxylic acids is 1. The molecule has 0 bridgehead atoms. The molecular formula is C19H21NO6. The summed E-state index contributed by atoms with van der Waals surface area (Å²) in [5.74, 6) is -1.50. The van der Waals surface area contributed by atoms with Crippen LogP contribution in [0.25, 0.3) is 0 Å². The molecule has 1 aromatic carbocycles. The van der Waals surface area contributed by atoms with Crippen molar-refractivity contribution in [3.05, 3.63) is 59.9 Å². The SMILES string of the molecule is CC(=O)C1(C[C@H](NC(=O)OCc2ccccc2)C(=O)O)C=CC(O)=CC1. The van der Waals surface area contributed by atoms with Crippen LogP contribution in [-0.2, 0) is 20.9 Å². The Kier molecular flexibility index (Phi) is 6.16. The normalized spacial score (nSPS) is 20.0. The number of benzene rings is 1. The molecule has 0 fully saturated rings. The van der Waals surface area contributed by atoms with E-state index in [4.69, 9.17) is 4.74 Å². The van der Waals surface area contributed by atoms with Gasteiger partial charge in [-0.1, -0.05) is 36.4 Å². The number of ether oxygens (including phenoxy) is 1. The number of Topliss-reactive ketones (excluding diaryl/α,β-unsaturated/α-hetero) is 1. The molecule has 0 aliphatic heterocycles. The third-order valence-electron chi connectivity index (χ3n) is 4.32. The minimum atomic E-state index is -1.31. The van der Waals surface area contributed by atoms with E-state index in [1.165, 1.54) is 25.2 Å². The highest BCUT2D eigenvalue weighted by Crippen LogP contribution is 2.35. The van der Waals surface area contributed by atoms with Crippen LogP contribution < -0.4 is 5.32 Å². The van der Waals surface area contributed by atoms with Crippen LogP contribution in [0, 0.1) is 5.41 Å². The van der Waals surface area contributed by atoms with Gasteiger partial charge in [-0.15, -0.1) is 0 Å². The van der Waals surface area contributed by atoms with Gasteiger partial charge in [0.1, 0.15) is 24.2 Å². The fourth-order valence-electron chi connectivity index (χ4n) is 2.70. The molecule has 1 aliphatic carbocycles. The lowest BCUT2D eigenvalue weighted by Gasteiger charge is -2.31. The molecule has 1 amide bonds. The van der Waals surface area contributed by atoms with Gasteiger partial charge in [0.15, 0.2) is 0 Å². The number of aliphatic hydroxyl groups excluding tert-OH is 1. The van der Waals surface area contributed by atoms with Gasteiger partial charge in [-0.05, 0) is 37.5 Å². The third kappa shape index (κ3) is 4.95. The van der Waals surface area contributed by atoms with Crippen molar-refractivity contribution in [3.8, 4) is 0 Å². The smallest absolute Gasteiger partial charge is 0.408 e. The van der Waals surface area contributed by atoms with Crippen LogP contribution in [0.1, 0.15) is 25.3 Å². The number of carbonyl (C=O) groups excluding carboxylic acids is 2. The number of carboxylic acid groups (broad SMARTS) is 1. The minimum Gasteiger partial charge on any atom is -0.508 e. The molecule has 0 aromatic heterocycles. The zero-order chi connectivity index (χ0) is 19.2. The van der Waals surface area contributed by atoms with Crippen LogP contribution in [0.15, 0.2) is 54.3 Å². The van der Waals surface area contributed by atoms with Crippen LogP contribution in [0.2, 0.25) is 0 Å². The number of carbonyl (C=O) groups is 3. The Morgan fingerprint density at radius 3 is 2.50 bits per heavy atom. The second-order valence-electron chi connectivity index (χ2n) is 6.18. The quantitative estimate of drug-likeness (QED) is 0.690. The van der Waals surface area contributed by atoms with Crippen molar-refractivity contribution in [1.82, 2.24) is 5.32 Å². The first-order chi connectivity index (χ1) is 12.3. The van der Waals surface area contributed by atoms with Crippen molar-refractivity contribution in [2.45, 2.75) is 32.4 Å². The highest BCUT2D eigenvalue weighted by Gasteiger charge is 2.39. The van der Waals surface area contributed by atoms with Gasteiger partial charge in [0.25, 0.3) is 0 Å². The van der Waals surface area contributed by atoms with E-state index in [1.807, 2.05) is 6.07 Å². The van der Waals surface area contributed by atoms with Gasteiger partial charge in [0, 0.05) is 0 Å². The molecule has 0 spiro atoms. The summed E-state index contributed by atoms with van der Waals surface area (Å²) in [6, 6.07) is 7.67. The minimum absolute atomic E-state index is 0.00732. The highest BCUT2D eigenvalue weighted by molar-refractivity contribution is 5.87. The summed E-state index contributed by atoms with van der Waals surface area (Å²) >= 11 is 0. The molecule has 26 heavy (non-hydrogen) atoms. The number of alkyl carbamates (subject to hydrolysis) is 1. The van der Waals surface area contributed by atoms with E-state index in [0.29, 0.717) is 0 Å². The number of hydrogen-bond donors (Lipinski definition) is 3. The molecule has 1 aromatic rings. The monoisotopic (exact) mass is 359 g/mol. The fraction of sp³-hybridized carbons (Fsp3) is 0.316. The van der Waals surface area contributed by atoms with Gasteiger partial charge >= 0.3 is 12.1 Å². The molecule has 7 nitrogen and oxygen atoms in total. The van der Waals surface area contributed by atoms with Crippen LogP contribution in [0.4, 0.5) is 4.79 Å². The van der Waals surface area contributed by atoms with Crippen molar-refractivity contribution >= 4 is 17.8 Å². The number of amides is 1. The van der Waals surface area contributed by atoms with E-state index in [9.17, 15) is 24.6 Å². The van der Waals surface area contributed by atoms with Crippen LogP contribution in [0.5, 0.6) is 0 Å². The Morgan fingerprint density at radius 2 is 1.96 bits per heavy atom. The molecule has 2 rings (SSSR count). The number of allylic oxidation sites excluding steroid dienone is 3. The van der Waals surface area contributed by atoms with Gasteiger partial charge in [-0.2, -0.15) is 0 Å². The van der Waals surface area contributed by atoms with Crippen molar-refractivity contribution in [2.75, 3.05) is 0 Å². The summed E-state index contributed by atoms with van der Waals surface area (Å²) in [6.45, 7) is 1.36. The van der Waals surface area contributed by atoms with Gasteiger partial charge in [-0.25, -0.2) is 9.59 Å². The Balaban J connectivity index is 2.01. The Labute approximate surface area is 151 Å². The summed E-state index contributed by atoms with van der Waals surface area (Å²) in [7, 11) is 0. The number of carboxylic acids is 1. The third-order valence-corrected chi connectivity index (χ3v) is 4.32. The number of ketones is 1. The van der Waals surface area contributed by atoms with Crippen molar-refractivity contribution in [2.24, 2.45) is 5.41 Å². The molecule has 1 aliphatic rings.